The maximum Gasteiger partial charge on any atom is 0.226 e. The molecule has 0 radical (unpaired) electrons. The Hall–Kier alpha value is -1.69. The molecule has 1 atom stereocenters. The first kappa shape index (κ1) is 18.7. The van der Waals surface area contributed by atoms with Crippen LogP contribution in [0.5, 0.6) is 0 Å². The van der Waals surface area contributed by atoms with Crippen molar-refractivity contribution in [3.8, 4) is 0 Å². The quantitative estimate of drug-likeness (QED) is 0.817. The van der Waals surface area contributed by atoms with Crippen LogP contribution in [-0.4, -0.2) is 71.0 Å². The standard InChI is InChI=1S/C21H33N5O/c1-16-14-17(2)23-21(22-16)25-12-7-19(8-13-25)26-11-5-6-18(15-26)20(27)24-9-3-4-10-24/h14,18-19H,3-13,15H2,1-2H3. The lowest BCUT2D eigenvalue weighted by Crippen LogP contribution is -2.51. The highest BCUT2D eigenvalue weighted by Gasteiger charge is 2.34. The average Bonchev–Trinajstić information content (AvgIpc) is 3.22. The lowest BCUT2D eigenvalue weighted by molar-refractivity contribution is -0.136. The Labute approximate surface area is 162 Å². The molecule has 6 heteroatoms. The molecule has 3 saturated heterocycles. The first-order valence-corrected chi connectivity index (χ1v) is 10.7. The van der Waals surface area contributed by atoms with Gasteiger partial charge in [-0.25, -0.2) is 9.97 Å². The van der Waals surface area contributed by atoms with E-state index < -0.39 is 0 Å². The highest BCUT2D eigenvalue weighted by atomic mass is 16.2. The number of anilines is 1. The normalized spacial score (nSPS) is 25.2. The van der Waals surface area contributed by atoms with E-state index in [0.29, 0.717) is 11.9 Å². The van der Waals surface area contributed by atoms with Gasteiger partial charge in [0.2, 0.25) is 11.9 Å². The molecule has 4 rings (SSSR count). The van der Waals surface area contributed by atoms with E-state index in [-0.39, 0.29) is 5.92 Å². The Morgan fingerprint density at radius 1 is 0.926 bits per heavy atom. The second kappa shape index (κ2) is 8.13. The molecule has 6 nitrogen and oxygen atoms in total. The lowest BCUT2D eigenvalue weighted by Gasteiger charge is -2.42. The second-order valence-electron chi connectivity index (χ2n) is 8.54. The van der Waals surface area contributed by atoms with Gasteiger partial charge in [0.25, 0.3) is 0 Å². The fourth-order valence-electron chi connectivity index (χ4n) is 5.02. The maximum atomic E-state index is 12.8. The number of hydrogen-bond donors (Lipinski definition) is 0. The molecule has 0 aromatic carbocycles. The van der Waals surface area contributed by atoms with E-state index in [2.05, 4.69) is 24.7 Å². The summed E-state index contributed by atoms with van der Waals surface area (Å²) < 4.78 is 0. The molecule has 148 valence electrons. The van der Waals surface area contributed by atoms with E-state index in [1.54, 1.807) is 0 Å². The van der Waals surface area contributed by atoms with Crippen LogP contribution in [0.15, 0.2) is 6.07 Å². The molecule has 3 aliphatic heterocycles. The third kappa shape index (κ3) is 4.26. The minimum Gasteiger partial charge on any atom is -0.342 e. The Morgan fingerprint density at radius 2 is 1.59 bits per heavy atom. The van der Waals surface area contributed by atoms with Crippen molar-refractivity contribution in [2.45, 2.75) is 58.4 Å². The molecule has 1 unspecified atom stereocenters. The number of hydrogen-bond acceptors (Lipinski definition) is 5. The fourth-order valence-corrected chi connectivity index (χ4v) is 5.02. The molecule has 1 aromatic heterocycles. The van der Waals surface area contributed by atoms with Gasteiger partial charge in [0.1, 0.15) is 0 Å². The van der Waals surface area contributed by atoms with Crippen LogP contribution in [0.25, 0.3) is 0 Å². The van der Waals surface area contributed by atoms with E-state index in [1.807, 2.05) is 19.9 Å². The summed E-state index contributed by atoms with van der Waals surface area (Å²) in [4.78, 5) is 29.1. The van der Waals surface area contributed by atoms with Crippen molar-refractivity contribution < 1.29 is 4.79 Å². The van der Waals surface area contributed by atoms with E-state index in [4.69, 9.17) is 0 Å². The maximum absolute atomic E-state index is 12.8. The second-order valence-corrected chi connectivity index (χ2v) is 8.54. The van der Waals surface area contributed by atoms with Crippen LogP contribution in [0.2, 0.25) is 0 Å². The summed E-state index contributed by atoms with van der Waals surface area (Å²) in [6.45, 7) is 10.2. The zero-order valence-corrected chi connectivity index (χ0v) is 16.9. The summed E-state index contributed by atoms with van der Waals surface area (Å²) in [7, 11) is 0. The van der Waals surface area contributed by atoms with Gasteiger partial charge >= 0.3 is 0 Å². The Bertz CT molecular complexity index is 644. The Morgan fingerprint density at radius 3 is 2.26 bits per heavy atom. The average molecular weight is 372 g/mol. The SMILES string of the molecule is Cc1cc(C)nc(N2CCC(N3CCCC(C(=O)N4CCCC4)C3)CC2)n1. The largest absolute Gasteiger partial charge is 0.342 e. The smallest absolute Gasteiger partial charge is 0.226 e. The number of carbonyl (C=O) groups is 1. The van der Waals surface area contributed by atoms with Crippen LogP contribution < -0.4 is 4.90 Å². The minimum absolute atomic E-state index is 0.220. The zero-order valence-electron chi connectivity index (χ0n) is 16.9. The van der Waals surface area contributed by atoms with Gasteiger partial charge in [0, 0.05) is 50.2 Å². The number of aromatic nitrogens is 2. The summed E-state index contributed by atoms with van der Waals surface area (Å²) in [5.41, 5.74) is 2.08. The molecule has 0 bridgehead atoms. The molecule has 3 fully saturated rings. The molecular weight excluding hydrogens is 338 g/mol. The van der Waals surface area contributed by atoms with E-state index in [1.165, 1.54) is 12.8 Å². The van der Waals surface area contributed by atoms with Crippen LogP contribution in [0, 0.1) is 19.8 Å². The molecule has 0 saturated carbocycles. The number of carbonyl (C=O) groups excluding carboxylic acids is 1. The predicted octanol–water partition coefficient (Wildman–Crippen LogP) is 2.40. The lowest BCUT2D eigenvalue weighted by atomic mass is 9.93. The first-order valence-electron chi connectivity index (χ1n) is 10.7. The molecular formula is C21H33N5O. The molecule has 0 N–H and O–H groups in total. The summed E-state index contributed by atoms with van der Waals surface area (Å²) in [6.07, 6.45) is 6.87. The Kier molecular flexibility index (Phi) is 5.62. The minimum atomic E-state index is 0.220. The highest BCUT2D eigenvalue weighted by molar-refractivity contribution is 5.79. The van der Waals surface area contributed by atoms with Gasteiger partial charge in [-0.2, -0.15) is 0 Å². The van der Waals surface area contributed by atoms with Crippen molar-refractivity contribution in [2.24, 2.45) is 5.92 Å². The topological polar surface area (TPSA) is 52.6 Å². The summed E-state index contributed by atoms with van der Waals surface area (Å²) in [6, 6.07) is 2.63. The number of likely N-dealkylation sites (tertiary alicyclic amines) is 2. The fraction of sp³-hybridized carbons (Fsp3) is 0.762. The van der Waals surface area contributed by atoms with Crippen LogP contribution in [0.4, 0.5) is 5.95 Å². The van der Waals surface area contributed by atoms with Crippen molar-refractivity contribution in [1.29, 1.82) is 0 Å². The van der Waals surface area contributed by atoms with Gasteiger partial charge in [-0.05, 0) is 65.0 Å². The zero-order chi connectivity index (χ0) is 18.8. The molecule has 1 amide bonds. The third-order valence-corrected chi connectivity index (χ3v) is 6.45. The van der Waals surface area contributed by atoms with Crippen molar-refractivity contribution in [2.75, 3.05) is 44.2 Å². The number of nitrogens with zero attached hydrogens (tertiary/aromatic N) is 5. The van der Waals surface area contributed by atoms with Crippen LogP contribution >= 0.6 is 0 Å². The summed E-state index contributed by atoms with van der Waals surface area (Å²) in [5, 5.41) is 0. The number of aryl methyl sites for hydroxylation is 2. The number of rotatable bonds is 3. The summed E-state index contributed by atoms with van der Waals surface area (Å²) in [5.74, 6) is 1.52. The van der Waals surface area contributed by atoms with Crippen molar-refractivity contribution in [3.63, 3.8) is 0 Å². The van der Waals surface area contributed by atoms with Gasteiger partial charge < -0.3 is 9.80 Å². The molecule has 4 heterocycles. The predicted molar refractivity (Wildman–Crippen MR) is 107 cm³/mol. The van der Waals surface area contributed by atoms with Crippen LogP contribution in [0.3, 0.4) is 0 Å². The van der Waals surface area contributed by atoms with E-state index in [9.17, 15) is 4.79 Å². The molecule has 27 heavy (non-hydrogen) atoms. The number of piperidine rings is 2. The van der Waals surface area contributed by atoms with Crippen LogP contribution in [-0.2, 0) is 4.79 Å². The third-order valence-electron chi connectivity index (χ3n) is 6.45. The van der Waals surface area contributed by atoms with E-state index >= 15 is 0 Å². The van der Waals surface area contributed by atoms with Gasteiger partial charge in [-0.3, -0.25) is 9.69 Å². The Balaban J connectivity index is 1.33. The highest BCUT2D eigenvalue weighted by Crippen LogP contribution is 2.27. The van der Waals surface area contributed by atoms with Gasteiger partial charge in [0.05, 0.1) is 5.92 Å². The number of amides is 1. The van der Waals surface area contributed by atoms with Gasteiger partial charge in [0.15, 0.2) is 0 Å². The molecule has 0 aliphatic carbocycles. The van der Waals surface area contributed by atoms with Gasteiger partial charge in [-0.15, -0.1) is 0 Å². The summed E-state index contributed by atoms with van der Waals surface area (Å²) >= 11 is 0. The van der Waals surface area contributed by atoms with Gasteiger partial charge in [-0.1, -0.05) is 0 Å². The van der Waals surface area contributed by atoms with Crippen LogP contribution in [0.1, 0.15) is 49.9 Å². The van der Waals surface area contributed by atoms with Crippen molar-refractivity contribution in [3.05, 3.63) is 17.5 Å². The monoisotopic (exact) mass is 371 g/mol. The molecule has 3 aliphatic rings. The van der Waals surface area contributed by atoms with E-state index in [0.717, 1.165) is 82.3 Å². The first-order chi connectivity index (χ1) is 13.1. The molecule has 1 aromatic rings. The van der Waals surface area contributed by atoms with Crippen molar-refractivity contribution >= 4 is 11.9 Å². The van der Waals surface area contributed by atoms with Crippen molar-refractivity contribution in [1.82, 2.24) is 19.8 Å². The molecule has 0 spiro atoms.